The van der Waals surface area contributed by atoms with Gasteiger partial charge in [-0.1, -0.05) is 25.7 Å². The van der Waals surface area contributed by atoms with Gasteiger partial charge in [0, 0.05) is 25.0 Å². The predicted octanol–water partition coefficient (Wildman–Crippen LogP) is 3.04. The number of sulfone groups is 1. The van der Waals surface area contributed by atoms with Crippen molar-refractivity contribution in [2.45, 2.75) is 75.6 Å². The summed E-state index contributed by atoms with van der Waals surface area (Å²) in [5, 5.41) is 10.9. The van der Waals surface area contributed by atoms with Gasteiger partial charge in [-0.05, 0) is 33.1 Å². The third-order valence-electron chi connectivity index (χ3n) is 5.40. The third-order valence-corrected chi connectivity index (χ3v) is 7.51. The molecule has 28 heavy (non-hydrogen) atoms. The molecule has 1 aliphatic rings. The summed E-state index contributed by atoms with van der Waals surface area (Å²) in [5.41, 5.74) is 0. The summed E-state index contributed by atoms with van der Waals surface area (Å²) in [5.74, 6) is 0.716. The molecule has 2 heterocycles. The first-order valence-electron chi connectivity index (χ1n) is 9.93. The van der Waals surface area contributed by atoms with Gasteiger partial charge in [-0.15, -0.1) is 0 Å². The van der Waals surface area contributed by atoms with Crippen LogP contribution in [0.25, 0.3) is 0 Å². The van der Waals surface area contributed by atoms with Crippen molar-refractivity contribution in [2.24, 2.45) is 5.92 Å². The Morgan fingerprint density at radius 3 is 2.64 bits per heavy atom. The number of nitrogens with one attached hydrogen (secondary N) is 1. The van der Waals surface area contributed by atoms with Crippen LogP contribution in [0.3, 0.4) is 0 Å². The Kier molecular flexibility index (Phi) is 6.22. The highest BCUT2D eigenvalue weighted by atomic mass is 32.2. The Labute approximate surface area is 166 Å². The van der Waals surface area contributed by atoms with Crippen molar-refractivity contribution in [3.63, 3.8) is 0 Å². The van der Waals surface area contributed by atoms with Crippen LogP contribution in [-0.4, -0.2) is 39.1 Å². The van der Waals surface area contributed by atoms with Crippen LogP contribution in [0.2, 0.25) is 0 Å². The van der Waals surface area contributed by atoms with Gasteiger partial charge in [-0.25, -0.2) is 8.42 Å². The summed E-state index contributed by atoms with van der Waals surface area (Å²) in [4.78, 5) is 13.2. The molecule has 1 saturated carbocycles. The molecule has 154 valence electrons. The van der Waals surface area contributed by atoms with E-state index in [0.717, 1.165) is 19.4 Å². The largest absolute Gasteiger partial charge is 0.307 e. The lowest BCUT2D eigenvalue weighted by Crippen LogP contribution is -2.28. The first kappa shape index (κ1) is 20.6. The van der Waals surface area contributed by atoms with Crippen LogP contribution in [0.4, 0.5) is 5.82 Å². The monoisotopic (exact) mass is 407 g/mol. The second-order valence-corrected chi connectivity index (χ2v) is 10.2. The molecule has 1 atom stereocenters. The van der Waals surface area contributed by atoms with Crippen LogP contribution >= 0.6 is 0 Å². The van der Waals surface area contributed by atoms with E-state index >= 15 is 0 Å². The number of carbonyl (C=O) groups is 1. The van der Waals surface area contributed by atoms with Gasteiger partial charge in [-0.3, -0.25) is 14.2 Å². The van der Waals surface area contributed by atoms with Crippen LogP contribution in [0.5, 0.6) is 0 Å². The van der Waals surface area contributed by atoms with E-state index in [1.54, 1.807) is 24.6 Å². The molecule has 1 fully saturated rings. The van der Waals surface area contributed by atoms with Gasteiger partial charge >= 0.3 is 0 Å². The summed E-state index contributed by atoms with van der Waals surface area (Å²) >= 11 is 0. The molecule has 1 unspecified atom stereocenters. The Balaban J connectivity index is 1.84. The number of carbonyl (C=O) groups excluding carboxylic acids is 1. The standard InChI is InChI=1S/C19H29N5O3S/c1-4-23-10-9-18(22-23)21-19(25)17(11-15-7-5-6-8-15)24-13-16(12-20-24)28(26,27)14(2)3/h9-10,12-15,17H,4-8,11H2,1-3H3,(H,21,22,25). The molecular weight excluding hydrogens is 378 g/mol. The number of anilines is 1. The number of nitrogens with zero attached hydrogens (tertiary/aromatic N) is 4. The molecule has 0 spiro atoms. The normalized spacial score (nSPS) is 16.6. The highest BCUT2D eigenvalue weighted by Crippen LogP contribution is 2.32. The lowest BCUT2D eigenvalue weighted by atomic mass is 9.98. The van der Waals surface area contributed by atoms with Crippen molar-refractivity contribution in [1.29, 1.82) is 0 Å². The number of rotatable bonds is 8. The Bertz CT molecular complexity index is 910. The van der Waals surface area contributed by atoms with Gasteiger partial charge in [0.25, 0.3) is 0 Å². The maximum absolute atomic E-state index is 13.0. The summed E-state index contributed by atoms with van der Waals surface area (Å²) in [6.45, 7) is 5.97. The molecule has 1 N–H and O–H groups in total. The summed E-state index contributed by atoms with van der Waals surface area (Å²) in [6, 6.07) is 1.19. The minimum atomic E-state index is -3.43. The van der Waals surface area contributed by atoms with E-state index in [-0.39, 0.29) is 10.8 Å². The van der Waals surface area contributed by atoms with Crippen LogP contribution in [-0.2, 0) is 21.2 Å². The SMILES string of the molecule is CCn1ccc(NC(=O)C(CC2CCCC2)n2cc(S(=O)(=O)C(C)C)cn2)n1. The number of hydrogen-bond acceptors (Lipinski definition) is 5. The number of amides is 1. The van der Waals surface area contributed by atoms with Crippen LogP contribution < -0.4 is 5.32 Å². The van der Waals surface area contributed by atoms with Gasteiger partial charge < -0.3 is 5.32 Å². The highest BCUT2D eigenvalue weighted by Gasteiger charge is 2.29. The quantitative estimate of drug-likeness (QED) is 0.725. The number of aryl methyl sites for hydroxylation is 1. The van der Waals surface area contributed by atoms with Gasteiger partial charge in [0.05, 0.1) is 11.4 Å². The molecular formula is C19H29N5O3S. The molecule has 3 rings (SSSR count). The molecule has 1 amide bonds. The second kappa shape index (κ2) is 8.46. The zero-order valence-corrected chi connectivity index (χ0v) is 17.5. The zero-order valence-electron chi connectivity index (χ0n) is 16.7. The average Bonchev–Trinajstić information content (AvgIpc) is 3.40. The molecule has 0 radical (unpaired) electrons. The molecule has 0 aromatic carbocycles. The first-order valence-corrected chi connectivity index (χ1v) is 11.5. The first-order chi connectivity index (χ1) is 13.3. The third kappa shape index (κ3) is 4.45. The van der Waals surface area contributed by atoms with Crippen molar-refractivity contribution in [3.05, 3.63) is 24.7 Å². The lowest BCUT2D eigenvalue weighted by molar-refractivity contribution is -0.120. The average molecular weight is 408 g/mol. The minimum Gasteiger partial charge on any atom is -0.307 e. The Morgan fingerprint density at radius 2 is 2.04 bits per heavy atom. The van der Waals surface area contributed by atoms with E-state index in [2.05, 4.69) is 15.5 Å². The van der Waals surface area contributed by atoms with E-state index in [9.17, 15) is 13.2 Å². The van der Waals surface area contributed by atoms with E-state index in [1.165, 1.54) is 29.9 Å². The van der Waals surface area contributed by atoms with E-state index in [1.807, 2.05) is 13.1 Å². The van der Waals surface area contributed by atoms with Gasteiger partial charge in [0.15, 0.2) is 15.7 Å². The molecule has 0 saturated heterocycles. The number of hydrogen-bond donors (Lipinski definition) is 1. The zero-order chi connectivity index (χ0) is 20.3. The van der Waals surface area contributed by atoms with E-state index in [0.29, 0.717) is 18.2 Å². The smallest absolute Gasteiger partial charge is 0.250 e. The van der Waals surface area contributed by atoms with E-state index < -0.39 is 21.1 Å². The molecule has 0 bridgehead atoms. The van der Waals surface area contributed by atoms with Crippen molar-refractivity contribution in [2.75, 3.05) is 5.32 Å². The van der Waals surface area contributed by atoms with Crippen molar-refractivity contribution < 1.29 is 13.2 Å². The molecule has 8 nitrogen and oxygen atoms in total. The highest BCUT2D eigenvalue weighted by molar-refractivity contribution is 7.92. The minimum absolute atomic E-state index is 0.155. The van der Waals surface area contributed by atoms with Crippen molar-refractivity contribution in [1.82, 2.24) is 19.6 Å². The molecule has 0 aliphatic heterocycles. The van der Waals surface area contributed by atoms with Crippen LogP contribution in [0.1, 0.15) is 58.9 Å². The summed E-state index contributed by atoms with van der Waals surface area (Å²) < 4.78 is 28.1. The Hall–Kier alpha value is -2.16. The van der Waals surface area contributed by atoms with Crippen LogP contribution in [0, 0.1) is 5.92 Å². The molecule has 2 aromatic heterocycles. The summed E-state index contributed by atoms with van der Waals surface area (Å²) in [6.07, 6.45) is 9.80. The second-order valence-electron chi connectivity index (χ2n) is 7.70. The van der Waals surface area contributed by atoms with Crippen molar-refractivity contribution in [3.8, 4) is 0 Å². The van der Waals surface area contributed by atoms with Crippen molar-refractivity contribution >= 4 is 21.6 Å². The van der Waals surface area contributed by atoms with Gasteiger partial charge in [0.1, 0.15) is 10.9 Å². The molecule has 1 aliphatic carbocycles. The van der Waals surface area contributed by atoms with Gasteiger partial charge in [0.2, 0.25) is 5.91 Å². The Morgan fingerprint density at radius 1 is 1.32 bits per heavy atom. The molecule has 9 heteroatoms. The van der Waals surface area contributed by atoms with E-state index in [4.69, 9.17) is 0 Å². The fraction of sp³-hybridized carbons (Fsp3) is 0.632. The fourth-order valence-electron chi connectivity index (χ4n) is 3.62. The predicted molar refractivity (Wildman–Crippen MR) is 107 cm³/mol. The maximum atomic E-state index is 13.0. The lowest BCUT2D eigenvalue weighted by Gasteiger charge is -2.20. The fourth-order valence-corrected chi connectivity index (χ4v) is 4.61. The van der Waals surface area contributed by atoms with Crippen LogP contribution in [0.15, 0.2) is 29.6 Å². The molecule has 2 aromatic rings. The summed E-state index contributed by atoms with van der Waals surface area (Å²) in [7, 11) is -3.43. The maximum Gasteiger partial charge on any atom is 0.250 e. The number of aromatic nitrogens is 4. The topological polar surface area (TPSA) is 98.9 Å². The van der Waals surface area contributed by atoms with Gasteiger partial charge in [-0.2, -0.15) is 10.2 Å².